The van der Waals surface area contributed by atoms with Crippen LogP contribution in [0.25, 0.3) is 0 Å². The van der Waals surface area contributed by atoms with Crippen LogP contribution in [0.4, 0.5) is 0 Å². The van der Waals surface area contributed by atoms with Gasteiger partial charge in [0.05, 0.1) is 0 Å². The van der Waals surface area contributed by atoms with Crippen molar-refractivity contribution in [2.45, 2.75) is 57.5 Å². The fourth-order valence-electron chi connectivity index (χ4n) is 3.81. The number of carbonyl (C=O) groups is 2. The number of nitrogens with zero attached hydrogens (tertiary/aromatic N) is 1. The summed E-state index contributed by atoms with van der Waals surface area (Å²) in [6.45, 7) is 5.56. The zero-order valence-corrected chi connectivity index (χ0v) is 15.1. The van der Waals surface area contributed by atoms with Gasteiger partial charge in [-0.3, -0.25) is 14.5 Å². The van der Waals surface area contributed by atoms with E-state index < -0.39 is 5.54 Å². The molecule has 0 aromatic heterocycles. The van der Waals surface area contributed by atoms with Gasteiger partial charge in [-0.1, -0.05) is 30.7 Å². The SMILES string of the molecule is CC1(C(=O)NCCCN2CCc3ccccc3C2)CCCCC(=O)N1. The van der Waals surface area contributed by atoms with Crippen molar-refractivity contribution in [2.75, 3.05) is 19.6 Å². The van der Waals surface area contributed by atoms with Crippen LogP contribution < -0.4 is 10.6 Å². The molecule has 2 heterocycles. The van der Waals surface area contributed by atoms with E-state index in [1.807, 2.05) is 6.92 Å². The van der Waals surface area contributed by atoms with Crippen LogP contribution in [0.3, 0.4) is 0 Å². The highest BCUT2D eigenvalue weighted by Crippen LogP contribution is 2.20. The molecule has 5 heteroatoms. The Morgan fingerprint density at radius 1 is 1.24 bits per heavy atom. The molecule has 3 rings (SSSR count). The van der Waals surface area contributed by atoms with Gasteiger partial charge in [-0.25, -0.2) is 0 Å². The van der Waals surface area contributed by atoms with Gasteiger partial charge < -0.3 is 10.6 Å². The van der Waals surface area contributed by atoms with Crippen molar-refractivity contribution in [2.24, 2.45) is 0 Å². The van der Waals surface area contributed by atoms with Crippen LogP contribution >= 0.6 is 0 Å². The number of hydrogen-bond donors (Lipinski definition) is 2. The first-order valence-corrected chi connectivity index (χ1v) is 9.45. The van der Waals surface area contributed by atoms with Crippen molar-refractivity contribution in [1.29, 1.82) is 0 Å². The van der Waals surface area contributed by atoms with Gasteiger partial charge in [-0.05, 0) is 43.7 Å². The van der Waals surface area contributed by atoms with E-state index in [4.69, 9.17) is 0 Å². The summed E-state index contributed by atoms with van der Waals surface area (Å²) in [5.74, 6) is -0.0612. The molecule has 2 aliphatic heterocycles. The first kappa shape index (κ1) is 17.9. The Kier molecular flexibility index (Phi) is 5.74. The Morgan fingerprint density at radius 3 is 2.88 bits per heavy atom. The van der Waals surface area contributed by atoms with Crippen LogP contribution in [0.15, 0.2) is 24.3 Å². The molecule has 136 valence electrons. The average molecular weight is 343 g/mol. The van der Waals surface area contributed by atoms with Crippen LogP contribution in [0.2, 0.25) is 0 Å². The van der Waals surface area contributed by atoms with Gasteiger partial charge in [0.1, 0.15) is 5.54 Å². The molecular weight excluding hydrogens is 314 g/mol. The second-order valence-corrected chi connectivity index (χ2v) is 7.49. The lowest BCUT2D eigenvalue weighted by molar-refractivity contribution is -0.132. The fraction of sp³-hybridized carbons (Fsp3) is 0.600. The number of carbonyl (C=O) groups excluding carboxylic acids is 2. The molecule has 25 heavy (non-hydrogen) atoms. The second kappa shape index (κ2) is 8.00. The third-order valence-corrected chi connectivity index (χ3v) is 5.39. The molecular formula is C20H29N3O2. The van der Waals surface area contributed by atoms with Gasteiger partial charge >= 0.3 is 0 Å². The molecule has 0 spiro atoms. The van der Waals surface area contributed by atoms with Gasteiger partial charge in [-0.15, -0.1) is 0 Å². The van der Waals surface area contributed by atoms with E-state index in [1.165, 1.54) is 11.1 Å². The van der Waals surface area contributed by atoms with Gasteiger partial charge in [0, 0.05) is 32.6 Å². The maximum Gasteiger partial charge on any atom is 0.245 e. The molecule has 5 nitrogen and oxygen atoms in total. The Morgan fingerprint density at radius 2 is 2.04 bits per heavy atom. The third-order valence-electron chi connectivity index (χ3n) is 5.39. The van der Waals surface area contributed by atoms with Crippen LogP contribution in [0, 0.1) is 0 Å². The highest BCUT2D eigenvalue weighted by Gasteiger charge is 2.35. The van der Waals surface area contributed by atoms with Gasteiger partial charge in [0.15, 0.2) is 0 Å². The minimum absolute atomic E-state index is 0.0119. The van der Waals surface area contributed by atoms with E-state index in [9.17, 15) is 9.59 Å². The van der Waals surface area contributed by atoms with E-state index in [-0.39, 0.29) is 11.8 Å². The zero-order valence-electron chi connectivity index (χ0n) is 15.1. The van der Waals surface area contributed by atoms with Crippen LogP contribution in [0.5, 0.6) is 0 Å². The molecule has 2 N–H and O–H groups in total. The summed E-state index contributed by atoms with van der Waals surface area (Å²) in [4.78, 5) is 26.7. The number of amides is 2. The Labute approximate surface area is 150 Å². The monoisotopic (exact) mass is 343 g/mol. The number of benzene rings is 1. The molecule has 1 atom stereocenters. The van der Waals surface area contributed by atoms with Gasteiger partial charge in [-0.2, -0.15) is 0 Å². The van der Waals surface area contributed by atoms with E-state index >= 15 is 0 Å². The standard InChI is InChI=1S/C20H29N3O2/c1-20(11-5-4-9-18(24)22-20)19(25)21-12-6-13-23-14-10-16-7-2-3-8-17(16)15-23/h2-3,7-8H,4-6,9-15H2,1H3,(H,21,25)(H,22,24). The molecule has 0 bridgehead atoms. The van der Waals surface area contributed by atoms with E-state index in [2.05, 4.69) is 39.8 Å². The van der Waals surface area contributed by atoms with E-state index in [0.29, 0.717) is 19.4 Å². The molecule has 0 radical (unpaired) electrons. The molecule has 1 aromatic rings. The lowest BCUT2D eigenvalue weighted by atomic mass is 9.95. The van der Waals surface area contributed by atoms with Crippen LogP contribution in [0.1, 0.15) is 50.2 Å². The van der Waals surface area contributed by atoms with Crippen molar-refractivity contribution < 1.29 is 9.59 Å². The van der Waals surface area contributed by atoms with Gasteiger partial charge in [0.25, 0.3) is 0 Å². The maximum absolute atomic E-state index is 12.5. The average Bonchev–Trinajstić information content (AvgIpc) is 2.79. The number of hydrogen-bond acceptors (Lipinski definition) is 3. The van der Waals surface area contributed by atoms with Crippen molar-refractivity contribution in [3.05, 3.63) is 35.4 Å². The van der Waals surface area contributed by atoms with Crippen LogP contribution in [-0.4, -0.2) is 41.9 Å². The van der Waals surface area contributed by atoms with Gasteiger partial charge in [0.2, 0.25) is 11.8 Å². The number of fused-ring (bicyclic) bond motifs is 1. The molecule has 1 aromatic carbocycles. The summed E-state index contributed by atoms with van der Waals surface area (Å²) in [5.41, 5.74) is 2.13. The molecule has 2 aliphatic rings. The second-order valence-electron chi connectivity index (χ2n) is 7.49. The Bertz CT molecular complexity index is 631. The Balaban J connectivity index is 1.41. The first-order valence-electron chi connectivity index (χ1n) is 9.45. The number of rotatable bonds is 5. The lowest BCUT2D eigenvalue weighted by Gasteiger charge is -2.29. The summed E-state index contributed by atoms with van der Waals surface area (Å²) in [7, 11) is 0. The van der Waals surface area contributed by atoms with Crippen molar-refractivity contribution >= 4 is 11.8 Å². The topological polar surface area (TPSA) is 61.4 Å². The molecule has 1 saturated heterocycles. The minimum Gasteiger partial charge on any atom is -0.354 e. The van der Waals surface area contributed by atoms with Crippen molar-refractivity contribution in [3.8, 4) is 0 Å². The number of nitrogens with one attached hydrogen (secondary N) is 2. The first-order chi connectivity index (χ1) is 12.1. The minimum atomic E-state index is -0.752. The maximum atomic E-state index is 12.5. The summed E-state index contributed by atoms with van der Waals surface area (Å²) in [6, 6.07) is 8.63. The molecule has 0 aliphatic carbocycles. The summed E-state index contributed by atoms with van der Waals surface area (Å²) in [6.07, 6.45) is 5.05. The van der Waals surface area contributed by atoms with E-state index in [0.717, 1.165) is 45.3 Å². The highest BCUT2D eigenvalue weighted by molar-refractivity contribution is 5.91. The van der Waals surface area contributed by atoms with Crippen LogP contribution in [-0.2, 0) is 22.6 Å². The predicted molar refractivity (Wildman–Crippen MR) is 98.1 cm³/mol. The highest BCUT2D eigenvalue weighted by atomic mass is 16.2. The third kappa shape index (κ3) is 4.60. The molecule has 1 unspecified atom stereocenters. The van der Waals surface area contributed by atoms with Crippen molar-refractivity contribution in [3.63, 3.8) is 0 Å². The predicted octanol–water partition coefficient (Wildman–Crippen LogP) is 2.00. The smallest absolute Gasteiger partial charge is 0.245 e. The quantitative estimate of drug-likeness (QED) is 0.804. The molecule has 2 amide bonds. The Hall–Kier alpha value is -1.88. The fourth-order valence-corrected chi connectivity index (χ4v) is 3.81. The summed E-state index contributed by atoms with van der Waals surface area (Å²) in [5, 5.41) is 5.91. The zero-order chi connectivity index (χ0) is 17.7. The van der Waals surface area contributed by atoms with E-state index in [1.54, 1.807) is 0 Å². The molecule has 1 fully saturated rings. The normalized spacial score (nSPS) is 24.1. The lowest BCUT2D eigenvalue weighted by Crippen LogP contribution is -2.56. The largest absolute Gasteiger partial charge is 0.354 e. The molecule has 0 saturated carbocycles. The summed E-state index contributed by atoms with van der Waals surface area (Å²) < 4.78 is 0. The van der Waals surface area contributed by atoms with Crippen molar-refractivity contribution in [1.82, 2.24) is 15.5 Å². The summed E-state index contributed by atoms with van der Waals surface area (Å²) >= 11 is 0.